The van der Waals surface area contributed by atoms with Crippen LogP contribution in [0.2, 0.25) is 0 Å². The van der Waals surface area contributed by atoms with Gasteiger partial charge in [0.05, 0.1) is 13.2 Å². The van der Waals surface area contributed by atoms with Crippen molar-refractivity contribution in [2.45, 2.75) is 75.7 Å². The first kappa shape index (κ1) is 23.2. The Morgan fingerprint density at radius 1 is 1.11 bits per heavy atom. The number of piperidine rings is 1. The SMILES string of the molecule is COc1ccc2c3c1O[C@H]1[C@H]4CC[C@@]5(C(C)CN4C(=O)OCc4ccccc4)[C@@H](C2)N(CC2CC2)CC[C@]315. The Morgan fingerprint density at radius 3 is 2.74 bits per heavy atom. The number of benzene rings is 2. The van der Waals surface area contributed by atoms with Gasteiger partial charge in [-0.15, -0.1) is 0 Å². The van der Waals surface area contributed by atoms with Crippen molar-refractivity contribution in [3.05, 3.63) is 59.2 Å². The van der Waals surface area contributed by atoms with Gasteiger partial charge in [0, 0.05) is 35.5 Å². The van der Waals surface area contributed by atoms with Crippen molar-refractivity contribution in [3.8, 4) is 11.5 Å². The van der Waals surface area contributed by atoms with Gasteiger partial charge in [-0.2, -0.15) is 0 Å². The maximum absolute atomic E-state index is 13.8. The summed E-state index contributed by atoms with van der Waals surface area (Å²) in [4.78, 5) is 18.7. The van der Waals surface area contributed by atoms with Crippen LogP contribution in [0, 0.1) is 17.3 Å². The van der Waals surface area contributed by atoms with Crippen LogP contribution < -0.4 is 9.47 Å². The minimum absolute atomic E-state index is 0.00929. The van der Waals surface area contributed by atoms with E-state index in [1.165, 1.54) is 30.5 Å². The van der Waals surface area contributed by atoms with Crippen molar-refractivity contribution in [1.29, 1.82) is 0 Å². The maximum atomic E-state index is 13.8. The number of likely N-dealkylation sites (tertiary alicyclic amines) is 1. The van der Waals surface area contributed by atoms with Crippen LogP contribution in [0.3, 0.4) is 0 Å². The number of rotatable bonds is 5. The number of carbonyl (C=O) groups excluding carboxylic acids is 1. The fourth-order valence-corrected chi connectivity index (χ4v) is 9.65. The average Bonchev–Trinajstić information content (AvgIpc) is 3.72. The van der Waals surface area contributed by atoms with E-state index in [0.29, 0.717) is 18.6 Å². The number of methoxy groups -OCH3 is 1. The molecule has 7 aliphatic rings. The Labute approximate surface area is 225 Å². The average molecular weight is 515 g/mol. The van der Waals surface area contributed by atoms with Gasteiger partial charge in [0.1, 0.15) is 12.7 Å². The van der Waals surface area contributed by atoms with E-state index in [0.717, 1.165) is 61.8 Å². The summed E-state index contributed by atoms with van der Waals surface area (Å²) in [5, 5.41) is 0. The van der Waals surface area contributed by atoms with Crippen molar-refractivity contribution in [1.82, 2.24) is 9.80 Å². The van der Waals surface area contributed by atoms with Crippen LogP contribution in [0.25, 0.3) is 0 Å². The molecule has 2 aromatic rings. The Hall–Kier alpha value is -2.73. The maximum Gasteiger partial charge on any atom is 0.410 e. The number of amides is 1. The largest absolute Gasteiger partial charge is 0.493 e. The number of fused-ring (bicyclic) bond motifs is 3. The Kier molecular flexibility index (Phi) is 4.97. The molecule has 1 unspecified atom stereocenters. The normalized spacial score (nSPS) is 36.3. The number of carbonyl (C=O) groups is 1. The zero-order valence-electron chi connectivity index (χ0n) is 22.5. The molecule has 4 aliphatic heterocycles. The topological polar surface area (TPSA) is 51.2 Å². The lowest BCUT2D eigenvalue weighted by atomic mass is 9.40. The highest BCUT2D eigenvalue weighted by atomic mass is 16.6. The van der Waals surface area contributed by atoms with Crippen molar-refractivity contribution in [3.63, 3.8) is 0 Å². The predicted octanol–water partition coefficient (Wildman–Crippen LogP) is 5.17. The van der Waals surface area contributed by atoms with E-state index < -0.39 is 0 Å². The van der Waals surface area contributed by atoms with E-state index in [4.69, 9.17) is 14.2 Å². The molecule has 6 nitrogen and oxygen atoms in total. The second kappa shape index (κ2) is 8.14. The molecule has 2 saturated carbocycles. The molecule has 4 bridgehead atoms. The summed E-state index contributed by atoms with van der Waals surface area (Å²) < 4.78 is 18.9. The third-order valence-corrected chi connectivity index (χ3v) is 11.3. The molecule has 3 saturated heterocycles. The van der Waals surface area contributed by atoms with Crippen molar-refractivity contribution in [2.75, 3.05) is 26.7 Å². The first-order chi connectivity index (χ1) is 18.6. The first-order valence-electron chi connectivity index (χ1n) is 14.6. The number of nitrogens with zero attached hydrogens (tertiary/aromatic N) is 2. The van der Waals surface area contributed by atoms with E-state index in [1.807, 2.05) is 30.3 Å². The van der Waals surface area contributed by atoms with Crippen LogP contribution in [0.5, 0.6) is 11.5 Å². The van der Waals surface area contributed by atoms with Crippen LogP contribution in [0.15, 0.2) is 42.5 Å². The van der Waals surface area contributed by atoms with Crippen LogP contribution in [-0.2, 0) is 23.2 Å². The minimum atomic E-state index is -0.200. The minimum Gasteiger partial charge on any atom is -0.493 e. The molecule has 0 radical (unpaired) electrons. The standard InChI is InChI=1S/C32H38N2O4/c1-20-17-34(30(35)37-19-22-6-4-3-5-7-22)24-12-13-31(20)26-16-23-10-11-25(36-2)28-27(23)32(31,29(24)38-28)14-15-33(26)18-21-8-9-21/h3-7,10-11,20-21,24,26,29H,8-9,12-19H2,1-2H3/t20?,24-,26-,29+,31-,32+/m1/s1. The number of hydrogen-bond acceptors (Lipinski definition) is 5. The highest BCUT2D eigenvalue weighted by Crippen LogP contribution is 2.73. The van der Waals surface area contributed by atoms with Gasteiger partial charge in [0.15, 0.2) is 11.5 Å². The van der Waals surface area contributed by atoms with Crippen molar-refractivity contribution < 1.29 is 19.0 Å². The fourth-order valence-electron chi connectivity index (χ4n) is 9.65. The summed E-state index contributed by atoms with van der Waals surface area (Å²) in [6.45, 7) is 5.81. The van der Waals surface area contributed by atoms with E-state index in [9.17, 15) is 4.79 Å². The molecule has 200 valence electrons. The first-order valence-corrected chi connectivity index (χ1v) is 14.6. The van der Waals surface area contributed by atoms with E-state index in [1.54, 1.807) is 7.11 Å². The van der Waals surface area contributed by atoms with Crippen LogP contribution in [-0.4, -0.2) is 60.8 Å². The highest BCUT2D eigenvalue weighted by molar-refractivity contribution is 5.70. The van der Waals surface area contributed by atoms with Gasteiger partial charge in [-0.25, -0.2) is 4.79 Å². The summed E-state index contributed by atoms with van der Waals surface area (Å²) in [5.74, 6) is 3.01. The third kappa shape index (κ3) is 2.90. The van der Waals surface area contributed by atoms with Crippen LogP contribution in [0.4, 0.5) is 4.79 Å². The van der Waals surface area contributed by atoms with E-state index in [-0.39, 0.29) is 29.1 Å². The lowest BCUT2D eigenvalue weighted by molar-refractivity contribution is -0.147. The summed E-state index contributed by atoms with van der Waals surface area (Å²) in [6, 6.07) is 14.9. The molecule has 2 aromatic carbocycles. The molecule has 5 fully saturated rings. The molecule has 9 rings (SSSR count). The van der Waals surface area contributed by atoms with Gasteiger partial charge in [-0.05, 0) is 74.1 Å². The molecule has 0 N–H and O–H groups in total. The molecule has 0 aromatic heterocycles. The van der Waals surface area contributed by atoms with Crippen LogP contribution >= 0.6 is 0 Å². The second-order valence-corrected chi connectivity index (χ2v) is 12.8. The third-order valence-electron chi connectivity index (χ3n) is 11.3. The second-order valence-electron chi connectivity index (χ2n) is 12.8. The fraction of sp³-hybridized carbons (Fsp3) is 0.594. The lowest BCUT2D eigenvalue weighted by Gasteiger charge is -2.67. The van der Waals surface area contributed by atoms with E-state index >= 15 is 0 Å². The molecule has 4 heterocycles. The molecular formula is C32H38N2O4. The zero-order valence-corrected chi connectivity index (χ0v) is 22.5. The molecule has 3 aliphatic carbocycles. The molecular weight excluding hydrogens is 476 g/mol. The Balaban J connectivity index is 1.23. The lowest BCUT2D eigenvalue weighted by Crippen LogP contribution is -2.74. The smallest absolute Gasteiger partial charge is 0.410 e. The van der Waals surface area contributed by atoms with Gasteiger partial charge < -0.3 is 19.1 Å². The summed E-state index contributed by atoms with van der Waals surface area (Å²) in [6.07, 6.45) is 6.79. The van der Waals surface area contributed by atoms with Crippen LogP contribution in [0.1, 0.15) is 55.7 Å². The molecule has 6 heteroatoms. The Bertz CT molecular complexity index is 1280. The summed E-state index contributed by atoms with van der Waals surface area (Å²) >= 11 is 0. The molecule has 2 spiro atoms. The van der Waals surface area contributed by atoms with Gasteiger partial charge in [0.25, 0.3) is 0 Å². The van der Waals surface area contributed by atoms with Gasteiger partial charge in [-0.3, -0.25) is 4.90 Å². The van der Waals surface area contributed by atoms with Gasteiger partial charge in [-0.1, -0.05) is 43.3 Å². The highest BCUT2D eigenvalue weighted by Gasteiger charge is 2.76. The van der Waals surface area contributed by atoms with Crippen molar-refractivity contribution >= 4 is 6.09 Å². The summed E-state index contributed by atoms with van der Waals surface area (Å²) in [7, 11) is 1.75. The molecule has 6 atom stereocenters. The Morgan fingerprint density at radius 2 is 1.95 bits per heavy atom. The number of ether oxygens (including phenoxy) is 3. The van der Waals surface area contributed by atoms with E-state index in [2.05, 4.69) is 28.9 Å². The molecule has 1 amide bonds. The quantitative estimate of drug-likeness (QED) is 0.551. The molecule has 38 heavy (non-hydrogen) atoms. The summed E-state index contributed by atoms with van der Waals surface area (Å²) in [5.41, 5.74) is 3.88. The van der Waals surface area contributed by atoms with Gasteiger partial charge in [0.2, 0.25) is 0 Å². The zero-order chi connectivity index (χ0) is 25.6. The predicted molar refractivity (Wildman–Crippen MR) is 143 cm³/mol. The number of hydrogen-bond donors (Lipinski definition) is 0. The van der Waals surface area contributed by atoms with Crippen molar-refractivity contribution in [2.24, 2.45) is 17.3 Å². The monoisotopic (exact) mass is 514 g/mol. The van der Waals surface area contributed by atoms with Gasteiger partial charge >= 0.3 is 6.09 Å².